The Morgan fingerprint density at radius 3 is 2.00 bits per heavy atom. The van der Waals surface area contributed by atoms with Crippen LogP contribution in [0.3, 0.4) is 0 Å². The van der Waals surface area contributed by atoms with Crippen LogP contribution in [0.1, 0.15) is 6.42 Å². The summed E-state index contributed by atoms with van der Waals surface area (Å²) in [7, 11) is 1.42. The topological polar surface area (TPSA) is 3.24 Å². The van der Waals surface area contributed by atoms with Crippen molar-refractivity contribution >= 4 is 0 Å². The van der Waals surface area contributed by atoms with E-state index in [2.05, 4.69) is 0 Å². The van der Waals surface area contributed by atoms with E-state index in [9.17, 15) is 8.78 Å². The number of hydrogen-bond acceptors (Lipinski definition) is 1. The van der Waals surface area contributed by atoms with Crippen LogP contribution in [0, 0.1) is 0 Å². The van der Waals surface area contributed by atoms with Crippen LogP contribution in [0.2, 0.25) is 0 Å². The van der Waals surface area contributed by atoms with Crippen molar-refractivity contribution in [2.24, 2.45) is 0 Å². The predicted octanol–water partition coefficient (Wildman–Crippen LogP) is 0.915. The van der Waals surface area contributed by atoms with Gasteiger partial charge in [-0.2, -0.15) is 8.78 Å². The molecule has 0 aromatic rings. The molecule has 0 atom stereocenters. The first-order chi connectivity index (χ1) is 3.13. The van der Waals surface area contributed by atoms with Gasteiger partial charge in [0.1, 0.15) is 0 Å². The van der Waals surface area contributed by atoms with Gasteiger partial charge in [0.2, 0.25) is 0 Å². The molecule has 0 saturated carbocycles. The van der Waals surface area contributed by atoms with E-state index in [1.54, 1.807) is 0 Å². The molecule has 3 heteroatoms. The fraction of sp³-hybridized carbons (Fsp3) is 1.00. The first kappa shape index (κ1) is 4.97. The summed E-state index contributed by atoms with van der Waals surface area (Å²) in [6.45, 7) is 0.535. The first-order valence-corrected chi connectivity index (χ1v) is 2.22. The molecule has 7 heavy (non-hydrogen) atoms. The largest absolute Gasteiger partial charge is 0.305 e. The molecular formula is C4H7F2N. The van der Waals surface area contributed by atoms with Crippen LogP contribution >= 0.6 is 0 Å². The van der Waals surface area contributed by atoms with Gasteiger partial charge in [0.15, 0.2) is 0 Å². The van der Waals surface area contributed by atoms with Crippen molar-refractivity contribution < 1.29 is 8.78 Å². The minimum Gasteiger partial charge on any atom is -0.247 e. The van der Waals surface area contributed by atoms with Gasteiger partial charge in [-0.3, -0.25) is 0 Å². The number of alkyl halides is 2. The van der Waals surface area contributed by atoms with Crippen molar-refractivity contribution in [1.82, 2.24) is 4.90 Å². The van der Waals surface area contributed by atoms with Crippen LogP contribution < -0.4 is 0 Å². The molecule has 1 heterocycles. The summed E-state index contributed by atoms with van der Waals surface area (Å²) in [6, 6.07) is -2.49. The van der Waals surface area contributed by atoms with Crippen molar-refractivity contribution in [2.75, 3.05) is 13.6 Å². The van der Waals surface area contributed by atoms with Gasteiger partial charge >= 0.3 is 6.05 Å². The third-order valence-electron chi connectivity index (χ3n) is 1.31. The lowest BCUT2D eigenvalue weighted by Gasteiger charge is -2.36. The van der Waals surface area contributed by atoms with Crippen LogP contribution in [0.25, 0.3) is 0 Å². The lowest BCUT2D eigenvalue weighted by atomic mass is 10.2. The molecule has 0 aromatic carbocycles. The van der Waals surface area contributed by atoms with E-state index in [1.807, 2.05) is 0 Å². The molecule has 0 radical (unpaired) electrons. The second-order valence-corrected chi connectivity index (χ2v) is 1.84. The number of hydrogen-bond donors (Lipinski definition) is 0. The van der Waals surface area contributed by atoms with Gasteiger partial charge in [-0.1, -0.05) is 0 Å². The van der Waals surface area contributed by atoms with E-state index in [0.717, 1.165) is 4.90 Å². The van der Waals surface area contributed by atoms with Crippen LogP contribution in [0.5, 0.6) is 0 Å². The normalized spacial score (nSPS) is 29.6. The molecule has 0 bridgehead atoms. The zero-order valence-corrected chi connectivity index (χ0v) is 4.12. The summed E-state index contributed by atoms with van der Waals surface area (Å²) in [5.41, 5.74) is 0. The Morgan fingerprint density at radius 2 is 2.00 bits per heavy atom. The number of rotatable bonds is 0. The van der Waals surface area contributed by atoms with Crippen LogP contribution in [0.15, 0.2) is 0 Å². The number of likely N-dealkylation sites (tertiary alicyclic amines) is 1. The maximum atomic E-state index is 11.9. The fourth-order valence-corrected chi connectivity index (χ4v) is 0.504. The van der Waals surface area contributed by atoms with E-state index >= 15 is 0 Å². The fourth-order valence-electron chi connectivity index (χ4n) is 0.504. The van der Waals surface area contributed by atoms with E-state index in [-0.39, 0.29) is 6.42 Å². The number of halogens is 2. The molecule has 1 aliphatic heterocycles. The predicted molar refractivity (Wildman–Crippen MR) is 22.2 cm³/mol. The van der Waals surface area contributed by atoms with Gasteiger partial charge < -0.3 is 0 Å². The average Bonchev–Trinajstić information content (AvgIpc) is 1.63. The van der Waals surface area contributed by atoms with E-state index in [1.165, 1.54) is 7.05 Å². The molecule has 1 fully saturated rings. The summed E-state index contributed by atoms with van der Waals surface area (Å²) in [5.74, 6) is 0. The van der Waals surface area contributed by atoms with Crippen molar-refractivity contribution in [3.8, 4) is 0 Å². The Kier molecular flexibility index (Phi) is 0.819. The molecule has 0 aliphatic carbocycles. The van der Waals surface area contributed by atoms with Crippen molar-refractivity contribution in [1.29, 1.82) is 0 Å². The van der Waals surface area contributed by atoms with Gasteiger partial charge in [-0.15, -0.1) is 0 Å². The monoisotopic (exact) mass is 107 g/mol. The molecule has 1 aliphatic rings. The molecule has 0 amide bonds. The molecule has 1 rings (SSSR count). The third-order valence-corrected chi connectivity index (χ3v) is 1.31. The molecule has 0 spiro atoms. The summed E-state index contributed by atoms with van der Waals surface area (Å²) >= 11 is 0. The summed E-state index contributed by atoms with van der Waals surface area (Å²) in [4.78, 5) is 1.03. The zero-order valence-electron chi connectivity index (χ0n) is 4.12. The van der Waals surface area contributed by atoms with E-state index in [4.69, 9.17) is 0 Å². The second kappa shape index (κ2) is 1.15. The van der Waals surface area contributed by atoms with Gasteiger partial charge in [0.25, 0.3) is 0 Å². The van der Waals surface area contributed by atoms with Crippen molar-refractivity contribution in [3.05, 3.63) is 0 Å². The Hall–Kier alpha value is -0.180. The lowest BCUT2D eigenvalue weighted by Crippen LogP contribution is -2.50. The first-order valence-electron chi connectivity index (χ1n) is 2.22. The van der Waals surface area contributed by atoms with Gasteiger partial charge in [-0.25, -0.2) is 4.90 Å². The third kappa shape index (κ3) is 0.608. The summed E-state index contributed by atoms with van der Waals surface area (Å²) < 4.78 is 23.7. The Bertz CT molecular complexity index is 81.8. The minimum absolute atomic E-state index is 0.0312. The molecule has 0 aromatic heterocycles. The second-order valence-electron chi connectivity index (χ2n) is 1.84. The van der Waals surface area contributed by atoms with Crippen LogP contribution in [-0.4, -0.2) is 24.5 Å². The minimum atomic E-state index is -2.49. The Morgan fingerprint density at radius 1 is 1.57 bits per heavy atom. The molecule has 42 valence electrons. The quantitative estimate of drug-likeness (QED) is 0.416. The highest BCUT2D eigenvalue weighted by Crippen LogP contribution is 2.30. The van der Waals surface area contributed by atoms with Gasteiger partial charge in [-0.05, 0) is 7.05 Å². The molecular weight excluding hydrogens is 100 g/mol. The van der Waals surface area contributed by atoms with Crippen LogP contribution in [-0.2, 0) is 0 Å². The highest BCUT2D eigenvalue weighted by Gasteiger charge is 2.42. The van der Waals surface area contributed by atoms with Gasteiger partial charge in [0.05, 0.1) is 0 Å². The molecule has 0 unspecified atom stereocenters. The van der Waals surface area contributed by atoms with Crippen molar-refractivity contribution in [2.45, 2.75) is 12.5 Å². The van der Waals surface area contributed by atoms with E-state index in [0.29, 0.717) is 6.54 Å². The summed E-state index contributed by atoms with van der Waals surface area (Å²) in [5, 5.41) is 0. The standard InChI is InChI=1S/C4H7F2N/c1-7-3-2-4(7,5)6/h2-3H2,1H3. The Labute approximate surface area is 40.9 Å². The molecule has 1 saturated heterocycles. The lowest BCUT2D eigenvalue weighted by molar-refractivity contribution is -0.203. The smallest absolute Gasteiger partial charge is 0.247 e. The maximum Gasteiger partial charge on any atom is 0.305 e. The Balaban J connectivity index is 2.43. The zero-order chi connectivity index (χ0) is 5.49. The summed E-state index contributed by atoms with van der Waals surface area (Å²) in [6.07, 6.45) is 0.0312. The maximum absolute atomic E-state index is 11.9. The van der Waals surface area contributed by atoms with Crippen LogP contribution in [0.4, 0.5) is 8.78 Å². The number of nitrogens with zero attached hydrogens (tertiary/aromatic N) is 1. The molecule has 0 N–H and O–H groups in total. The highest BCUT2D eigenvalue weighted by atomic mass is 19.3. The average molecular weight is 107 g/mol. The van der Waals surface area contributed by atoms with Gasteiger partial charge in [0, 0.05) is 13.0 Å². The van der Waals surface area contributed by atoms with Crippen molar-refractivity contribution in [3.63, 3.8) is 0 Å². The van der Waals surface area contributed by atoms with E-state index < -0.39 is 6.05 Å². The highest BCUT2D eigenvalue weighted by molar-refractivity contribution is 4.77. The SMILES string of the molecule is CN1CCC1(F)F. The molecule has 1 nitrogen and oxygen atoms in total.